The molecule has 1 aromatic heterocycles. The first-order valence-corrected chi connectivity index (χ1v) is 6.51. The molecule has 0 aromatic carbocycles. The monoisotopic (exact) mass is 240 g/mol. The predicted octanol–water partition coefficient (Wildman–Crippen LogP) is 1.67. The van der Waals surface area contributed by atoms with E-state index in [-0.39, 0.29) is 0 Å². The quantitative estimate of drug-likeness (QED) is 0.605. The van der Waals surface area contributed by atoms with Crippen molar-refractivity contribution in [2.75, 3.05) is 32.1 Å². The van der Waals surface area contributed by atoms with Crippen molar-refractivity contribution in [2.24, 2.45) is 0 Å². The van der Waals surface area contributed by atoms with Crippen LogP contribution in [0.1, 0.15) is 19.2 Å². The molecule has 0 aliphatic heterocycles. The van der Waals surface area contributed by atoms with Gasteiger partial charge in [-0.15, -0.1) is 11.8 Å². The molecular formula is C11H20N4S. The van der Waals surface area contributed by atoms with Gasteiger partial charge in [-0.2, -0.15) is 0 Å². The van der Waals surface area contributed by atoms with Gasteiger partial charge in [0.15, 0.2) is 0 Å². The van der Waals surface area contributed by atoms with E-state index in [1.54, 1.807) is 11.8 Å². The molecule has 1 rings (SSSR count). The Labute approximate surface area is 102 Å². The normalized spacial score (nSPS) is 11.0. The summed E-state index contributed by atoms with van der Waals surface area (Å²) in [5.41, 5.74) is 5.75. The zero-order valence-electron chi connectivity index (χ0n) is 10.2. The number of nitrogens with zero attached hydrogens (tertiary/aromatic N) is 3. The Morgan fingerprint density at radius 2 is 2.12 bits per heavy atom. The molecule has 0 saturated carbocycles. The average Bonchev–Trinajstić information content (AvgIpc) is 2.16. The molecule has 5 heteroatoms. The summed E-state index contributed by atoms with van der Waals surface area (Å²) in [5.74, 6) is 2.45. The largest absolute Gasteiger partial charge is 0.384 e. The van der Waals surface area contributed by atoms with Crippen molar-refractivity contribution in [3.05, 3.63) is 11.9 Å². The minimum Gasteiger partial charge on any atom is -0.384 e. The molecule has 0 saturated heterocycles. The summed E-state index contributed by atoms with van der Waals surface area (Å²) in [5, 5.41) is 0.984. The van der Waals surface area contributed by atoms with Crippen LogP contribution in [-0.4, -0.2) is 41.3 Å². The minimum absolute atomic E-state index is 0.575. The summed E-state index contributed by atoms with van der Waals surface area (Å²) in [6, 6.07) is 1.85. The standard InChI is InChI=1S/C11H20N4S/c1-4-5-10-13-9(12)8-11(14-10)16-7-6-15(2)3/h8H,4-7H2,1-3H3,(H2,12,13,14). The van der Waals surface area contributed by atoms with E-state index in [1.807, 2.05) is 6.07 Å². The van der Waals surface area contributed by atoms with Crippen molar-refractivity contribution >= 4 is 17.6 Å². The first-order valence-electron chi connectivity index (χ1n) is 5.52. The lowest BCUT2D eigenvalue weighted by molar-refractivity contribution is 0.437. The van der Waals surface area contributed by atoms with E-state index in [4.69, 9.17) is 5.73 Å². The number of nitrogen functional groups attached to an aromatic ring is 1. The Morgan fingerprint density at radius 3 is 2.75 bits per heavy atom. The summed E-state index contributed by atoms with van der Waals surface area (Å²) in [7, 11) is 4.13. The van der Waals surface area contributed by atoms with Crippen LogP contribution in [0.2, 0.25) is 0 Å². The number of aromatic nitrogens is 2. The van der Waals surface area contributed by atoms with Gasteiger partial charge in [0.25, 0.3) is 0 Å². The van der Waals surface area contributed by atoms with Gasteiger partial charge in [0, 0.05) is 24.8 Å². The van der Waals surface area contributed by atoms with Crippen LogP contribution in [-0.2, 0) is 6.42 Å². The van der Waals surface area contributed by atoms with Crippen molar-refractivity contribution in [1.29, 1.82) is 0 Å². The van der Waals surface area contributed by atoms with E-state index in [1.165, 1.54) is 0 Å². The molecule has 0 aliphatic rings. The zero-order valence-corrected chi connectivity index (χ0v) is 11.0. The van der Waals surface area contributed by atoms with Crippen molar-refractivity contribution < 1.29 is 0 Å². The first kappa shape index (κ1) is 13.3. The number of hydrogen-bond donors (Lipinski definition) is 1. The Morgan fingerprint density at radius 1 is 1.38 bits per heavy atom. The molecule has 0 atom stereocenters. The summed E-state index contributed by atoms with van der Waals surface area (Å²) < 4.78 is 0. The van der Waals surface area contributed by atoms with E-state index in [2.05, 4.69) is 35.9 Å². The lowest BCUT2D eigenvalue weighted by atomic mass is 10.3. The molecular weight excluding hydrogens is 220 g/mol. The molecule has 0 spiro atoms. The highest BCUT2D eigenvalue weighted by atomic mass is 32.2. The Kier molecular flexibility index (Phi) is 5.55. The van der Waals surface area contributed by atoms with Gasteiger partial charge in [0.1, 0.15) is 16.7 Å². The summed E-state index contributed by atoms with van der Waals surface area (Å²) in [4.78, 5) is 10.8. The van der Waals surface area contributed by atoms with Crippen LogP contribution in [0.4, 0.5) is 5.82 Å². The highest BCUT2D eigenvalue weighted by Gasteiger charge is 2.03. The van der Waals surface area contributed by atoms with Crippen molar-refractivity contribution in [1.82, 2.24) is 14.9 Å². The fourth-order valence-electron chi connectivity index (χ4n) is 1.23. The van der Waals surface area contributed by atoms with Gasteiger partial charge in [0.05, 0.1) is 0 Å². The van der Waals surface area contributed by atoms with Crippen LogP contribution in [0, 0.1) is 0 Å². The number of rotatable bonds is 6. The van der Waals surface area contributed by atoms with Crippen molar-refractivity contribution in [3.63, 3.8) is 0 Å². The van der Waals surface area contributed by atoms with Crippen LogP contribution >= 0.6 is 11.8 Å². The van der Waals surface area contributed by atoms with Gasteiger partial charge in [-0.25, -0.2) is 9.97 Å². The van der Waals surface area contributed by atoms with Crippen molar-refractivity contribution in [2.45, 2.75) is 24.8 Å². The molecule has 2 N–H and O–H groups in total. The fourth-order valence-corrected chi connectivity index (χ4v) is 2.27. The fraction of sp³-hybridized carbons (Fsp3) is 0.636. The van der Waals surface area contributed by atoms with Crippen molar-refractivity contribution in [3.8, 4) is 0 Å². The molecule has 0 amide bonds. The number of nitrogens with two attached hydrogens (primary N) is 1. The van der Waals surface area contributed by atoms with E-state index in [0.29, 0.717) is 5.82 Å². The smallest absolute Gasteiger partial charge is 0.132 e. The molecule has 0 bridgehead atoms. The number of hydrogen-bond acceptors (Lipinski definition) is 5. The van der Waals surface area contributed by atoms with Crippen LogP contribution in [0.5, 0.6) is 0 Å². The second-order valence-electron chi connectivity index (χ2n) is 3.95. The highest BCUT2D eigenvalue weighted by molar-refractivity contribution is 7.99. The second kappa shape index (κ2) is 6.70. The molecule has 0 radical (unpaired) electrons. The lowest BCUT2D eigenvalue weighted by Crippen LogP contribution is -2.14. The number of aryl methyl sites for hydroxylation is 1. The van der Waals surface area contributed by atoms with E-state index >= 15 is 0 Å². The Balaban J connectivity index is 2.58. The predicted molar refractivity (Wildman–Crippen MR) is 69.7 cm³/mol. The van der Waals surface area contributed by atoms with Gasteiger partial charge in [0.2, 0.25) is 0 Å². The first-order chi connectivity index (χ1) is 7.61. The molecule has 0 fully saturated rings. The van der Waals surface area contributed by atoms with Gasteiger partial charge < -0.3 is 10.6 Å². The third-order valence-electron chi connectivity index (χ3n) is 2.03. The molecule has 1 heterocycles. The van der Waals surface area contributed by atoms with Crippen LogP contribution in [0.3, 0.4) is 0 Å². The molecule has 90 valence electrons. The van der Waals surface area contributed by atoms with Gasteiger partial charge in [-0.1, -0.05) is 6.92 Å². The maximum absolute atomic E-state index is 5.75. The lowest BCUT2D eigenvalue weighted by Gasteiger charge is -2.09. The second-order valence-corrected chi connectivity index (χ2v) is 5.06. The van der Waals surface area contributed by atoms with Gasteiger partial charge in [-0.3, -0.25) is 0 Å². The van der Waals surface area contributed by atoms with E-state index in [9.17, 15) is 0 Å². The van der Waals surface area contributed by atoms with Crippen LogP contribution in [0.15, 0.2) is 11.1 Å². The highest BCUT2D eigenvalue weighted by Crippen LogP contribution is 2.17. The molecule has 0 aliphatic carbocycles. The maximum atomic E-state index is 5.75. The topological polar surface area (TPSA) is 55.0 Å². The third kappa shape index (κ3) is 4.81. The molecule has 16 heavy (non-hydrogen) atoms. The van der Waals surface area contributed by atoms with Gasteiger partial charge >= 0.3 is 0 Å². The minimum atomic E-state index is 0.575. The summed E-state index contributed by atoms with van der Waals surface area (Å²) in [6.45, 7) is 3.16. The Bertz CT molecular complexity index is 328. The number of thioether (sulfide) groups is 1. The SMILES string of the molecule is CCCc1nc(N)cc(SCCN(C)C)n1. The molecule has 0 unspecified atom stereocenters. The van der Waals surface area contributed by atoms with Crippen LogP contribution < -0.4 is 5.73 Å². The summed E-state index contributed by atoms with van der Waals surface area (Å²) >= 11 is 1.73. The Hall–Kier alpha value is -0.810. The average molecular weight is 240 g/mol. The summed E-state index contributed by atoms with van der Waals surface area (Å²) in [6.07, 6.45) is 1.94. The van der Waals surface area contributed by atoms with E-state index < -0.39 is 0 Å². The van der Waals surface area contributed by atoms with E-state index in [0.717, 1.165) is 36.0 Å². The number of anilines is 1. The van der Waals surface area contributed by atoms with Crippen LogP contribution in [0.25, 0.3) is 0 Å². The third-order valence-corrected chi connectivity index (χ3v) is 2.92. The zero-order chi connectivity index (χ0) is 12.0. The molecule has 1 aromatic rings. The maximum Gasteiger partial charge on any atom is 0.132 e. The van der Waals surface area contributed by atoms with Gasteiger partial charge in [-0.05, 0) is 20.5 Å². The molecule has 4 nitrogen and oxygen atoms in total.